The first kappa shape index (κ1) is 11.1. The Bertz CT molecular complexity index is 201. The van der Waals surface area contributed by atoms with Crippen LogP contribution in [0.15, 0.2) is 0 Å². The summed E-state index contributed by atoms with van der Waals surface area (Å²) in [5, 5.41) is 0. The van der Waals surface area contributed by atoms with Crippen LogP contribution in [-0.4, -0.2) is 23.0 Å². The highest BCUT2D eigenvalue weighted by atomic mass is 15.2. The van der Waals surface area contributed by atoms with Gasteiger partial charge < -0.3 is 0 Å². The lowest BCUT2D eigenvalue weighted by atomic mass is 9.91. The first-order valence-corrected chi connectivity index (χ1v) is 7.72. The monoisotopic (exact) mass is 221 g/mol. The minimum Gasteiger partial charge on any atom is -0.294 e. The van der Waals surface area contributed by atoms with Crippen LogP contribution in [0.5, 0.6) is 0 Å². The van der Waals surface area contributed by atoms with E-state index in [1.54, 1.807) is 0 Å². The first-order chi connectivity index (χ1) is 7.95. The van der Waals surface area contributed by atoms with Crippen molar-refractivity contribution in [2.45, 2.75) is 95.2 Å². The van der Waals surface area contributed by atoms with Crippen molar-refractivity contribution in [1.29, 1.82) is 0 Å². The van der Waals surface area contributed by atoms with E-state index in [4.69, 9.17) is 0 Å². The third-order valence-electron chi connectivity index (χ3n) is 5.25. The smallest absolute Gasteiger partial charge is 0.0102 e. The molecule has 0 radical (unpaired) electrons. The zero-order chi connectivity index (χ0) is 10.8. The van der Waals surface area contributed by atoms with Crippen LogP contribution in [0.2, 0.25) is 0 Å². The normalized spacial score (nSPS) is 38.2. The summed E-state index contributed by atoms with van der Waals surface area (Å²) in [5.74, 6) is 0. The van der Waals surface area contributed by atoms with Gasteiger partial charge in [-0.05, 0) is 38.5 Å². The van der Waals surface area contributed by atoms with E-state index in [9.17, 15) is 0 Å². The van der Waals surface area contributed by atoms with Gasteiger partial charge >= 0.3 is 0 Å². The van der Waals surface area contributed by atoms with Crippen LogP contribution < -0.4 is 0 Å². The zero-order valence-corrected chi connectivity index (χ0v) is 10.7. The Balaban J connectivity index is 1.65. The zero-order valence-electron chi connectivity index (χ0n) is 10.7. The molecule has 2 heterocycles. The van der Waals surface area contributed by atoms with E-state index in [0.717, 1.165) is 18.1 Å². The Morgan fingerprint density at radius 3 is 1.50 bits per heavy atom. The Morgan fingerprint density at radius 1 is 0.438 bits per heavy atom. The summed E-state index contributed by atoms with van der Waals surface area (Å²) in [5.41, 5.74) is 0. The summed E-state index contributed by atoms with van der Waals surface area (Å²) in [7, 11) is 0. The van der Waals surface area contributed by atoms with Gasteiger partial charge in [0, 0.05) is 18.1 Å². The second kappa shape index (κ2) is 5.08. The quantitative estimate of drug-likeness (QED) is 0.644. The summed E-state index contributed by atoms with van der Waals surface area (Å²) >= 11 is 0. The maximum Gasteiger partial charge on any atom is 0.0102 e. The van der Waals surface area contributed by atoms with Gasteiger partial charge in [0.2, 0.25) is 0 Å². The van der Waals surface area contributed by atoms with Crippen molar-refractivity contribution in [2.24, 2.45) is 0 Å². The molecule has 0 amide bonds. The molecule has 0 N–H and O–H groups in total. The van der Waals surface area contributed by atoms with Gasteiger partial charge in [0.25, 0.3) is 0 Å². The lowest BCUT2D eigenvalue weighted by Crippen LogP contribution is -2.46. The molecule has 0 aromatic heterocycles. The SMILES string of the molecule is C1CCCC(N2C3CCCC2CC3)CCC1. The van der Waals surface area contributed by atoms with Crippen LogP contribution in [0.1, 0.15) is 77.0 Å². The van der Waals surface area contributed by atoms with Crippen molar-refractivity contribution in [2.75, 3.05) is 0 Å². The Labute approximate surface area is 101 Å². The average Bonchev–Trinajstić information content (AvgIpc) is 2.51. The number of piperidine rings is 1. The van der Waals surface area contributed by atoms with E-state index < -0.39 is 0 Å². The summed E-state index contributed by atoms with van der Waals surface area (Å²) in [6.07, 6.45) is 18.1. The van der Waals surface area contributed by atoms with Gasteiger partial charge in [0.05, 0.1) is 0 Å². The molecule has 1 saturated carbocycles. The molecular formula is C15H27N. The van der Waals surface area contributed by atoms with Crippen LogP contribution >= 0.6 is 0 Å². The molecule has 2 atom stereocenters. The molecule has 92 valence electrons. The Hall–Kier alpha value is -0.0400. The molecule has 3 aliphatic rings. The van der Waals surface area contributed by atoms with Crippen molar-refractivity contribution in [3.8, 4) is 0 Å². The molecule has 16 heavy (non-hydrogen) atoms. The molecule has 2 aliphatic heterocycles. The molecule has 1 heteroatoms. The number of nitrogens with zero attached hydrogens (tertiary/aromatic N) is 1. The second-order valence-electron chi connectivity index (χ2n) is 6.26. The third-order valence-corrected chi connectivity index (χ3v) is 5.25. The fraction of sp³-hybridized carbons (Fsp3) is 1.00. The topological polar surface area (TPSA) is 3.24 Å². The van der Waals surface area contributed by atoms with Crippen molar-refractivity contribution >= 4 is 0 Å². The lowest BCUT2D eigenvalue weighted by molar-refractivity contribution is 0.0712. The van der Waals surface area contributed by atoms with Gasteiger partial charge in [0.15, 0.2) is 0 Å². The van der Waals surface area contributed by atoms with E-state index in [-0.39, 0.29) is 0 Å². The van der Waals surface area contributed by atoms with Crippen LogP contribution in [-0.2, 0) is 0 Å². The van der Waals surface area contributed by atoms with Crippen LogP contribution in [0, 0.1) is 0 Å². The summed E-state index contributed by atoms with van der Waals surface area (Å²) < 4.78 is 0. The van der Waals surface area contributed by atoms with Gasteiger partial charge in [-0.15, -0.1) is 0 Å². The summed E-state index contributed by atoms with van der Waals surface area (Å²) in [6, 6.07) is 2.95. The van der Waals surface area contributed by atoms with E-state index in [1.165, 1.54) is 77.0 Å². The standard InChI is InChI=1S/C15H27N/c1-2-4-7-13(8-5-3-1)16-14-9-6-10-15(16)12-11-14/h13-15H,1-12H2. The van der Waals surface area contributed by atoms with E-state index in [2.05, 4.69) is 4.90 Å². The molecular weight excluding hydrogens is 194 g/mol. The molecule has 2 unspecified atom stereocenters. The maximum atomic E-state index is 2.98. The van der Waals surface area contributed by atoms with E-state index in [1.807, 2.05) is 0 Å². The van der Waals surface area contributed by atoms with Gasteiger partial charge in [-0.1, -0.05) is 38.5 Å². The minimum absolute atomic E-state index is 0.970. The average molecular weight is 221 g/mol. The molecule has 2 bridgehead atoms. The fourth-order valence-corrected chi connectivity index (χ4v) is 4.49. The number of hydrogen-bond acceptors (Lipinski definition) is 1. The van der Waals surface area contributed by atoms with Crippen molar-refractivity contribution in [3.63, 3.8) is 0 Å². The van der Waals surface area contributed by atoms with Crippen LogP contribution in [0.4, 0.5) is 0 Å². The third kappa shape index (κ3) is 2.16. The second-order valence-corrected chi connectivity index (χ2v) is 6.26. The molecule has 1 nitrogen and oxygen atoms in total. The van der Waals surface area contributed by atoms with Crippen LogP contribution in [0.3, 0.4) is 0 Å². The predicted molar refractivity (Wildman–Crippen MR) is 68.6 cm³/mol. The number of fused-ring (bicyclic) bond motifs is 2. The number of hydrogen-bond donors (Lipinski definition) is 0. The molecule has 3 fully saturated rings. The molecule has 3 rings (SSSR count). The largest absolute Gasteiger partial charge is 0.294 e. The van der Waals surface area contributed by atoms with Crippen LogP contribution in [0.25, 0.3) is 0 Å². The van der Waals surface area contributed by atoms with Crippen molar-refractivity contribution in [1.82, 2.24) is 4.90 Å². The summed E-state index contributed by atoms with van der Waals surface area (Å²) in [4.78, 5) is 2.98. The first-order valence-electron chi connectivity index (χ1n) is 7.72. The van der Waals surface area contributed by atoms with E-state index in [0.29, 0.717) is 0 Å². The molecule has 0 aromatic rings. The van der Waals surface area contributed by atoms with Gasteiger partial charge in [-0.25, -0.2) is 0 Å². The maximum absolute atomic E-state index is 2.98. The molecule has 2 saturated heterocycles. The van der Waals surface area contributed by atoms with Crippen molar-refractivity contribution in [3.05, 3.63) is 0 Å². The molecule has 0 spiro atoms. The van der Waals surface area contributed by atoms with Gasteiger partial charge in [0.1, 0.15) is 0 Å². The minimum atomic E-state index is 0.970. The predicted octanol–water partition coefficient (Wildman–Crippen LogP) is 4.12. The molecule has 0 aromatic carbocycles. The highest BCUT2D eigenvalue weighted by Gasteiger charge is 2.39. The van der Waals surface area contributed by atoms with E-state index >= 15 is 0 Å². The number of rotatable bonds is 1. The molecule has 1 aliphatic carbocycles. The lowest BCUT2D eigenvalue weighted by Gasteiger charge is -2.41. The highest BCUT2D eigenvalue weighted by Crippen LogP contribution is 2.39. The Kier molecular flexibility index (Phi) is 3.51. The van der Waals surface area contributed by atoms with Crippen molar-refractivity contribution < 1.29 is 0 Å². The van der Waals surface area contributed by atoms with Gasteiger partial charge in [-0.3, -0.25) is 4.90 Å². The fourth-order valence-electron chi connectivity index (χ4n) is 4.49. The van der Waals surface area contributed by atoms with Gasteiger partial charge in [-0.2, -0.15) is 0 Å². The summed E-state index contributed by atoms with van der Waals surface area (Å²) in [6.45, 7) is 0. The highest BCUT2D eigenvalue weighted by molar-refractivity contribution is 4.95. The Morgan fingerprint density at radius 2 is 0.875 bits per heavy atom.